The highest BCUT2D eigenvalue weighted by Crippen LogP contribution is 2.43. The SMILES string of the molecule is Cc1c(CC(=O)O)c2cc(O)c(Cl)cc2n1C(=O)c1ccc(SC(F)(F)C(F)F)s1. The van der Waals surface area contributed by atoms with Gasteiger partial charge in [0.2, 0.25) is 0 Å². The maximum absolute atomic E-state index is 13.3. The Morgan fingerprint density at radius 3 is 2.57 bits per heavy atom. The molecule has 3 rings (SSSR count). The average Bonchev–Trinajstić information content (AvgIpc) is 3.18. The van der Waals surface area contributed by atoms with Crippen molar-refractivity contribution in [3.8, 4) is 5.75 Å². The third kappa shape index (κ3) is 4.14. The second kappa shape index (κ2) is 8.12. The lowest BCUT2D eigenvalue weighted by Crippen LogP contribution is -2.21. The summed E-state index contributed by atoms with van der Waals surface area (Å²) in [5, 5.41) is 15.0. The molecule has 0 aliphatic heterocycles. The Morgan fingerprint density at radius 1 is 1.30 bits per heavy atom. The van der Waals surface area contributed by atoms with Crippen LogP contribution in [0.3, 0.4) is 0 Å². The number of aromatic hydroxyl groups is 1. The van der Waals surface area contributed by atoms with Crippen molar-refractivity contribution >= 4 is 57.5 Å². The molecular weight excluding hydrogens is 470 g/mol. The number of thioether (sulfide) groups is 1. The predicted octanol–water partition coefficient (Wildman–Crippen LogP) is 5.64. The summed E-state index contributed by atoms with van der Waals surface area (Å²) in [5.74, 6) is -2.14. The summed E-state index contributed by atoms with van der Waals surface area (Å²) in [4.78, 5) is 24.3. The Kier molecular flexibility index (Phi) is 6.08. The normalized spacial score (nSPS) is 12.1. The van der Waals surface area contributed by atoms with Gasteiger partial charge < -0.3 is 10.2 Å². The van der Waals surface area contributed by atoms with E-state index in [1.54, 1.807) is 0 Å². The van der Waals surface area contributed by atoms with Crippen molar-refractivity contribution in [3.63, 3.8) is 0 Å². The molecule has 0 atom stereocenters. The average molecular weight is 482 g/mol. The number of alkyl halides is 4. The Morgan fingerprint density at radius 2 is 1.97 bits per heavy atom. The minimum atomic E-state index is -4.30. The van der Waals surface area contributed by atoms with Gasteiger partial charge in [0.05, 0.1) is 26.0 Å². The molecule has 0 fully saturated rings. The summed E-state index contributed by atoms with van der Waals surface area (Å²) in [6, 6.07) is 4.89. The van der Waals surface area contributed by atoms with Gasteiger partial charge in [-0.25, -0.2) is 8.78 Å². The molecule has 12 heteroatoms. The standard InChI is InChI=1S/C18H12ClF4NO4S2/c1-7-8(5-14(26)27)9-4-12(25)10(19)6-11(9)24(7)16(28)13-2-3-15(29-13)30-18(22,23)17(20)21/h2-4,6,17,25H,5H2,1H3,(H,26,27). The maximum atomic E-state index is 13.3. The number of phenols is 1. The van der Waals surface area contributed by atoms with Gasteiger partial charge in [0.25, 0.3) is 5.91 Å². The van der Waals surface area contributed by atoms with Gasteiger partial charge in [-0.2, -0.15) is 8.78 Å². The largest absolute Gasteiger partial charge is 0.506 e. The molecule has 0 saturated carbocycles. The van der Waals surface area contributed by atoms with Crippen LogP contribution in [0.4, 0.5) is 17.6 Å². The number of carbonyl (C=O) groups is 2. The lowest BCUT2D eigenvalue weighted by Gasteiger charge is -2.12. The molecule has 0 aliphatic carbocycles. The van der Waals surface area contributed by atoms with Crippen molar-refractivity contribution in [2.75, 3.05) is 0 Å². The van der Waals surface area contributed by atoms with Gasteiger partial charge >= 0.3 is 17.6 Å². The van der Waals surface area contributed by atoms with E-state index in [0.717, 1.165) is 10.6 Å². The van der Waals surface area contributed by atoms with Gasteiger partial charge in [-0.05, 0) is 48.5 Å². The third-order valence-electron chi connectivity index (χ3n) is 4.22. The molecular formula is C18H12ClF4NO4S2. The number of carboxylic acid groups (broad SMARTS) is 1. The van der Waals surface area contributed by atoms with Gasteiger partial charge in [0.1, 0.15) is 5.75 Å². The van der Waals surface area contributed by atoms with Crippen molar-refractivity contribution in [3.05, 3.63) is 45.4 Å². The minimum Gasteiger partial charge on any atom is -0.506 e. The molecule has 0 aliphatic rings. The summed E-state index contributed by atoms with van der Waals surface area (Å²) < 4.78 is 52.4. The Balaban J connectivity index is 2.09. The van der Waals surface area contributed by atoms with Crippen LogP contribution in [0.1, 0.15) is 20.9 Å². The number of aliphatic carboxylic acids is 1. The van der Waals surface area contributed by atoms with E-state index in [-0.39, 0.29) is 48.4 Å². The van der Waals surface area contributed by atoms with E-state index in [4.69, 9.17) is 11.6 Å². The van der Waals surface area contributed by atoms with Crippen molar-refractivity contribution < 1.29 is 37.4 Å². The molecule has 0 spiro atoms. The van der Waals surface area contributed by atoms with E-state index < -0.39 is 30.0 Å². The van der Waals surface area contributed by atoms with Gasteiger partial charge in [-0.1, -0.05) is 11.6 Å². The van der Waals surface area contributed by atoms with Crippen molar-refractivity contribution in [1.29, 1.82) is 0 Å². The predicted molar refractivity (Wildman–Crippen MR) is 106 cm³/mol. The highest BCUT2D eigenvalue weighted by molar-refractivity contribution is 8.02. The van der Waals surface area contributed by atoms with Crippen LogP contribution in [0, 0.1) is 6.92 Å². The van der Waals surface area contributed by atoms with Gasteiger partial charge in [-0.15, -0.1) is 11.3 Å². The summed E-state index contributed by atoms with van der Waals surface area (Å²) in [5.41, 5.74) is 0.754. The lowest BCUT2D eigenvalue weighted by molar-refractivity contribution is -0.136. The Bertz CT molecular complexity index is 1160. The first kappa shape index (κ1) is 22.4. The maximum Gasteiger partial charge on any atom is 0.358 e. The number of thiophene rings is 1. The van der Waals surface area contributed by atoms with E-state index in [1.165, 1.54) is 25.1 Å². The van der Waals surface area contributed by atoms with E-state index in [1.807, 2.05) is 0 Å². The molecule has 2 aromatic heterocycles. The molecule has 0 saturated heterocycles. The van der Waals surface area contributed by atoms with Gasteiger partial charge in [-0.3, -0.25) is 14.2 Å². The molecule has 3 aromatic rings. The van der Waals surface area contributed by atoms with Crippen LogP contribution in [0.15, 0.2) is 28.5 Å². The van der Waals surface area contributed by atoms with E-state index in [0.29, 0.717) is 16.7 Å². The third-order valence-corrected chi connectivity index (χ3v) is 6.68. The first-order valence-electron chi connectivity index (χ1n) is 8.16. The first-order valence-corrected chi connectivity index (χ1v) is 10.2. The molecule has 0 radical (unpaired) electrons. The zero-order valence-corrected chi connectivity index (χ0v) is 17.3. The van der Waals surface area contributed by atoms with Crippen LogP contribution in [0.2, 0.25) is 5.02 Å². The van der Waals surface area contributed by atoms with Crippen LogP contribution in [0.25, 0.3) is 10.9 Å². The van der Waals surface area contributed by atoms with Crippen LogP contribution < -0.4 is 0 Å². The number of hydrogen-bond acceptors (Lipinski definition) is 5. The number of phenolic OH excluding ortho intramolecular Hbond substituents is 1. The number of halogens is 5. The number of nitrogens with zero attached hydrogens (tertiary/aromatic N) is 1. The molecule has 2 heterocycles. The van der Waals surface area contributed by atoms with Crippen molar-refractivity contribution in [2.24, 2.45) is 0 Å². The van der Waals surface area contributed by atoms with Crippen LogP contribution in [0.5, 0.6) is 5.75 Å². The Hall–Kier alpha value is -2.24. The molecule has 2 N–H and O–H groups in total. The van der Waals surface area contributed by atoms with Gasteiger partial charge in [0, 0.05) is 11.1 Å². The number of aromatic nitrogens is 1. The first-order chi connectivity index (χ1) is 13.9. The summed E-state index contributed by atoms with van der Waals surface area (Å²) >= 11 is 6.20. The molecule has 0 bridgehead atoms. The second-order valence-corrected chi connectivity index (χ2v) is 9.12. The molecule has 160 valence electrons. The van der Waals surface area contributed by atoms with Crippen molar-refractivity contribution in [1.82, 2.24) is 4.57 Å². The lowest BCUT2D eigenvalue weighted by atomic mass is 10.1. The number of carboxylic acids is 1. The van der Waals surface area contributed by atoms with Crippen LogP contribution in [-0.2, 0) is 11.2 Å². The fourth-order valence-electron chi connectivity index (χ4n) is 2.90. The van der Waals surface area contributed by atoms with Crippen LogP contribution in [-0.4, -0.2) is 38.3 Å². The molecule has 1 aromatic carbocycles. The zero-order chi connectivity index (χ0) is 22.4. The summed E-state index contributed by atoms with van der Waals surface area (Å²) in [6.45, 7) is 1.50. The monoisotopic (exact) mass is 481 g/mol. The molecule has 0 amide bonds. The van der Waals surface area contributed by atoms with Crippen molar-refractivity contribution in [2.45, 2.75) is 29.2 Å². The number of rotatable bonds is 6. The molecule has 5 nitrogen and oxygen atoms in total. The van der Waals surface area contributed by atoms with E-state index in [2.05, 4.69) is 0 Å². The Labute approximate surface area is 179 Å². The minimum absolute atomic E-state index is 0.0198. The summed E-state index contributed by atoms with van der Waals surface area (Å²) in [7, 11) is 0. The number of fused-ring (bicyclic) bond motifs is 1. The number of benzene rings is 1. The molecule has 0 unspecified atom stereocenters. The zero-order valence-electron chi connectivity index (χ0n) is 15.0. The van der Waals surface area contributed by atoms with Gasteiger partial charge in [0.15, 0.2) is 0 Å². The topological polar surface area (TPSA) is 79.5 Å². The smallest absolute Gasteiger partial charge is 0.358 e. The molecule has 30 heavy (non-hydrogen) atoms. The quantitative estimate of drug-likeness (QED) is 0.352. The number of hydrogen-bond donors (Lipinski definition) is 2. The van der Waals surface area contributed by atoms with Crippen LogP contribution >= 0.6 is 34.7 Å². The fraction of sp³-hybridized carbons (Fsp3) is 0.222. The second-order valence-electron chi connectivity index (χ2n) is 6.18. The highest BCUT2D eigenvalue weighted by atomic mass is 35.5. The fourth-order valence-corrected chi connectivity index (χ4v) is 4.99. The van der Waals surface area contributed by atoms with E-state index >= 15 is 0 Å². The van der Waals surface area contributed by atoms with E-state index in [9.17, 15) is 37.4 Å². The summed E-state index contributed by atoms with van der Waals surface area (Å²) in [6.07, 6.45) is -4.30. The highest BCUT2D eigenvalue weighted by Gasteiger charge is 2.42. The number of carbonyl (C=O) groups excluding carboxylic acids is 1.